The maximum atomic E-state index is 7.14. The summed E-state index contributed by atoms with van der Waals surface area (Å²) in [5.41, 5.74) is 9.88. The summed E-state index contributed by atoms with van der Waals surface area (Å²) in [7, 11) is 0. The van der Waals surface area contributed by atoms with Crippen molar-refractivity contribution in [1.29, 1.82) is 0 Å². The predicted octanol–water partition coefficient (Wildman–Crippen LogP) is 9.30. The molecule has 4 aromatic rings. The van der Waals surface area contributed by atoms with Gasteiger partial charge in [0.2, 0.25) is 0 Å². The first kappa shape index (κ1) is 22.9. The SMILES string of the molecule is CC(C)(C)c1cc2c(c(C(C)(C)C)c1)C(c1ccccc1)(c1ccccc1)c1c(Cl)cccc1-2. The normalized spacial score (nSPS) is 14.6. The highest BCUT2D eigenvalue weighted by atomic mass is 35.5. The lowest BCUT2D eigenvalue weighted by molar-refractivity contribution is 0.557. The van der Waals surface area contributed by atoms with Crippen LogP contribution in [-0.2, 0) is 16.2 Å². The molecule has 5 rings (SSSR count). The van der Waals surface area contributed by atoms with E-state index in [0.717, 1.165) is 5.02 Å². The van der Waals surface area contributed by atoms with Crippen molar-refractivity contribution in [3.05, 3.63) is 129 Å². The molecule has 34 heavy (non-hydrogen) atoms. The van der Waals surface area contributed by atoms with E-state index in [2.05, 4.69) is 126 Å². The molecule has 0 nitrogen and oxygen atoms in total. The molecule has 1 heteroatoms. The van der Waals surface area contributed by atoms with Gasteiger partial charge in [0, 0.05) is 5.02 Å². The van der Waals surface area contributed by atoms with E-state index in [-0.39, 0.29) is 10.8 Å². The van der Waals surface area contributed by atoms with E-state index >= 15 is 0 Å². The molecule has 0 aliphatic heterocycles. The van der Waals surface area contributed by atoms with Gasteiger partial charge >= 0.3 is 0 Å². The van der Waals surface area contributed by atoms with Crippen LogP contribution in [0, 0.1) is 0 Å². The fourth-order valence-corrected chi connectivity index (χ4v) is 5.97. The molecule has 0 radical (unpaired) electrons. The highest BCUT2D eigenvalue weighted by Gasteiger charge is 2.50. The molecule has 0 amide bonds. The highest BCUT2D eigenvalue weighted by molar-refractivity contribution is 6.32. The Hall–Kier alpha value is -2.83. The maximum Gasteiger partial charge on any atom is 0.0731 e. The molecule has 1 aliphatic rings. The smallest absolute Gasteiger partial charge is 0.0731 e. The first-order chi connectivity index (χ1) is 16.1. The van der Waals surface area contributed by atoms with Crippen molar-refractivity contribution >= 4 is 11.6 Å². The van der Waals surface area contributed by atoms with Crippen molar-refractivity contribution in [2.75, 3.05) is 0 Å². The van der Waals surface area contributed by atoms with Gasteiger partial charge in [-0.05, 0) is 61.4 Å². The fraction of sp³-hybridized carbons (Fsp3) is 0.273. The van der Waals surface area contributed by atoms with Crippen LogP contribution in [-0.4, -0.2) is 0 Å². The summed E-state index contributed by atoms with van der Waals surface area (Å²) < 4.78 is 0. The molecule has 0 saturated heterocycles. The topological polar surface area (TPSA) is 0 Å². The molecule has 0 aromatic heterocycles. The van der Waals surface area contributed by atoms with Gasteiger partial charge in [0.05, 0.1) is 5.41 Å². The fourth-order valence-electron chi connectivity index (χ4n) is 5.66. The molecular weight excluding hydrogens is 432 g/mol. The van der Waals surface area contributed by atoms with Gasteiger partial charge < -0.3 is 0 Å². The first-order valence-electron chi connectivity index (χ1n) is 12.2. The molecular formula is C33H33Cl. The minimum absolute atomic E-state index is 0.0402. The van der Waals surface area contributed by atoms with Crippen molar-refractivity contribution in [3.8, 4) is 11.1 Å². The van der Waals surface area contributed by atoms with E-state index in [1.54, 1.807) is 0 Å². The van der Waals surface area contributed by atoms with Gasteiger partial charge in [0.1, 0.15) is 0 Å². The summed E-state index contributed by atoms with van der Waals surface area (Å²) >= 11 is 7.14. The lowest BCUT2D eigenvalue weighted by Gasteiger charge is -2.38. The average Bonchev–Trinajstić information content (AvgIpc) is 3.11. The van der Waals surface area contributed by atoms with Crippen molar-refractivity contribution in [2.24, 2.45) is 0 Å². The van der Waals surface area contributed by atoms with Crippen molar-refractivity contribution < 1.29 is 0 Å². The van der Waals surface area contributed by atoms with Crippen LogP contribution in [0.3, 0.4) is 0 Å². The number of rotatable bonds is 2. The Balaban J connectivity index is 2.07. The minimum atomic E-state index is -0.482. The Labute approximate surface area is 209 Å². The van der Waals surface area contributed by atoms with Gasteiger partial charge in [0.15, 0.2) is 0 Å². The summed E-state index contributed by atoms with van der Waals surface area (Å²) in [5, 5.41) is 0.818. The van der Waals surface area contributed by atoms with Crippen LogP contribution in [0.15, 0.2) is 91.0 Å². The quantitative estimate of drug-likeness (QED) is 0.244. The van der Waals surface area contributed by atoms with E-state index < -0.39 is 5.41 Å². The second-order valence-corrected chi connectivity index (χ2v) is 12.0. The third kappa shape index (κ3) is 3.35. The number of hydrogen-bond donors (Lipinski definition) is 0. The molecule has 0 saturated carbocycles. The Kier molecular flexibility index (Phi) is 5.30. The van der Waals surface area contributed by atoms with Crippen LogP contribution in [0.5, 0.6) is 0 Å². The largest absolute Gasteiger partial charge is 0.0840 e. The van der Waals surface area contributed by atoms with Crippen LogP contribution < -0.4 is 0 Å². The Morgan fingerprint density at radius 2 is 1.12 bits per heavy atom. The minimum Gasteiger partial charge on any atom is -0.0840 e. The summed E-state index contributed by atoms with van der Waals surface area (Å²) in [4.78, 5) is 0. The van der Waals surface area contributed by atoms with Crippen molar-refractivity contribution in [2.45, 2.75) is 57.8 Å². The molecule has 0 unspecified atom stereocenters. The number of benzene rings is 4. The molecule has 172 valence electrons. The van der Waals surface area contributed by atoms with Gasteiger partial charge in [-0.25, -0.2) is 0 Å². The number of fused-ring (bicyclic) bond motifs is 3. The van der Waals surface area contributed by atoms with E-state index in [1.807, 2.05) is 6.07 Å². The summed E-state index contributed by atoms with van der Waals surface area (Å²) in [5.74, 6) is 0. The molecule has 4 aromatic carbocycles. The predicted molar refractivity (Wildman–Crippen MR) is 146 cm³/mol. The monoisotopic (exact) mass is 464 g/mol. The summed E-state index contributed by atoms with van der Waals surface area (Å²) in [6, 6.07) is 33.1. The first-order valence-corrected chi connectivity index (χ1v) is 12.5. The zero-order chi connectivity index (χ0) is 24.3. The van der Waals surface area contributed by atoms with Crippen LogP contribution in [0.2, 0.25) is 5.02 Å². The van der Waals surface area contributed by atoms with Crippen LogP contribution >= 0.6 is 11.6 Å². The third-order valence-electron chi connectivity index (χ3n) is 7.28. The molecule has 0 N–H and O–H groups in total. The number of halogens is 1. The number of hydrogen-bond acceptors (Lipinski definition) is 0. The van der Waals surface area contributed by atoms with E-state index in [4.69, 9.17) is 11.6 Å². The second-order valence-electron chi connectivity index (χ2n) is 11.6. The zero-order valence-electron chi connectivity index (χ0n) is 21.0. The molecule has 0 heterocycles. The molecule has 0 atom stereocenters. The van der Waals surface area contributed by atoms with Gasteiger partial charge in [0.25, 0.3) is 0 Å². The Morgan fingerprint density at radius 1 is 0.559 bits per heavy atom. The molecule has 1 aliphatic carbocycles. The van der Waals surface area contributed by atoms with Crippen molar-refractivity contribution in [3.63, 3.8) is 0 Å². The summed E-state index contributed by atoms with van der Waals surface area (Å²) in [6.45, 7) is 13.9. The Morgan fingerprint density at radius 3 is 1.62 bits per heavy atom. The summed E-state index contributed by atoms with van der Waals surface area (Å²) in [6.07, 6.45) is 0. The van der Waals surface area contributed by atoms with Crippen LogP contribution in [0.4, 0.5) is 0 Å². The lowest BCUT2D eigenvalue weighted by atomic mass is 9.63. The average molecular weight is 465 g/mol. The molecule has 0 fully saturated rings. The van der Waals surface area contributed by atoms with E-state index in [0.29, 0.717) is 0 Å². The highest BCUT2D eigenvalue weighted by Crippen LogP contribution is 2.60. The van der Waals surface area contributed by atoms with E-state index in [9.17, 15) is 0 Å². The van der Waals surface area contributed by atoms with Gasteiger partial charge in [-0.1, -0.05) is 138 Å². The third-order valence-corrected chi connectivity index (χ3v) is 7.59. The van der Waals surface area contributed by atoms with Crippen molar-refractivity contribution in [1.82, 2.24) is 0 Å². The Bertz CT molecular complexity index is 1310. The van der Waals surface area contributed by atoms with Gasteiger partial charge in [-0.3, -0.25) is 0 Å². The van der Waals surface area contributed by atoms with Crippen LogP contribution in [0.25, 0.3) is 11.1 Å². The second kappa shape index (κ2) is 7.85. The van der Waals surface area contributed by atoms with Crippen LogP contribution in [0.1, 0.15) is 74.9 Å². The molecule has 0 bridgehead atoms. The zero-order valence-corrected chi connectivity index (χ0v) is 21.8. The molecule has 0 spiro atoms. The van der Waals surface area contributed by atoms with Gasteiger partial charge in [-0.2, -0.15) is 0 Å². The lowest BCUT2D eigenvalue weighted by Crippen LogP contribution is -2.32. The standard InChI is InChI=1S/C33H33Cl/c1-31(2,3)24-20-26-25-18-13-19-28(34)30(25)33(22-14-9-7-10-15-22,23-16-11-8-12-17-23)29(26)27(21-24)32(4,5)6/h7-21H,1-6H3. The maximum absolute atomic E-state index is 7.14. The van der Waals surface area contributed by atoms with E-state index in [1.165, 1.54) is 44.5 Å². The van der Waals surface area contributed by atoms with Gasteiger partial charge in [-0.15, -0.1) is 0 Å².